The summed E-state index contributed by atoms with van der Waals surface area (Å²) >= 11 is 0. The highest BCUT2D eigenvalue weighted by molar-refractivity contribution is 5.90. The normalized spacial score (nSPS) is 29.8. The Morgan fingerprint density at radius 2 is 2.12 bits per heavy atom. The van der Waals surface area contributed by atoms with Gasteiger partial charge in [0.15, 0.2) is 0 Å². The minimum atomic E-state index is -1.06. The number of carbonyl (C=O) groups excluding carboxylic acids is 2. The van der Waals surface area contributed by atoms with Gasteiger partial charge in [0.05, 0.1) is 18.5 Å². The van der Waals surface area contributed by atoms with Crippen molar-refractivity contribution in [3.05, 3.63) is 0 Å². The largest absolute Gasteiger partial charge is 0.465 e. The summed E-state index contributed by atoms with van der Waals surface area (Å²) in [6.45, 7) is 0.383. The van der Waals surface area contributed by atoms with Gasteiger partial charge in [-0.2, -0.15) is 0 Å². The van der Waals surface area contributed by atoms with Crippen molar-refractivity contribution in [2.24, 2.45) is 5.92 Å². The Labute approximate surface area is 92.0 Å². The first kappa shape index (κ1) is 10.7. The predicted octanol–water partition coefficient (Wildman–Crippen LogP) is -1.45. The van der Waals surface area contributed by atoms with E-state index in [4.69, 9.17) is 5.11 Å². The molecule has 0 aromatic rings. The molecule has 0 unspecified atom stereocenters. The van der Waals surface area contributed by atoms with Gasteiger partial charge in [-0.1, -0.05) is 0 Å². The van der Waals surface area contributed by atoms with Crippen LogP contribution in [0.2, 0.25) is 0 Å². The second-order valence-corrected chi connectivity index (χ2v) is 4.16. The summed E-state index contributed by atoms with van der Waals surface area (Å²) in [6.07, 6.45) is -1.06. The van der Waals surface area contributed by atoms with Gasteiger partial charge < -0.3 is 20.2 Å². The summed E-state index contributed by atoms with van der Waals surface area (Å²) in [5, 5.41) is 11.5. The van der Waals surface area contributed by atoms with Crippen LogP contribution < -0.4 is 5.32 Å². The lowest BCUT2D eigenvalue weighted by atomic mass is 10.0. The van der Waals surface area contributed by atoms with Gasteiger partial charge in [0.25, 0.3) is 0 Å². The van der Waals surface area contributed by atoms with Gasteiger partial charge in [-0.25, -0.2) is 4.79 Å². The fourth-order valence-electron chi connectivity index (χ4n) is 2.19. The number of likely N-dealkylation sites (N-methyl/N-ethyl adjacent to an activating group) is 1. The van der Waals surface area contributed by atoms with Crippen molar-refractivity contribution < 1.29 is 19.5 Å². The van der Waals surface area contributed by atoms with Crippen molar-refractivity contribution >= 4 is 17.9 Å². The molecule has 0 bridgehead atoms. The van der Waals surface area contributed by atoms with Crippen molar-refractivity contribution in [3.8, 4) is 0 Å². The molecule has 2 atom stereocenters. The summed E-state index contributed by atoms with van der Waals surface area (Å²) in [5.41, 5.74) is 0. The van der Waals surface area contributed by atoms with Crippen LogP contribution in [0.15, 0.2) is 0 Å². The summed E-state index contributed by atoms with van der Waals surface area (Å²) < 4.78 is 0. The Morgan fingerprint density at radius 1 is 1.44 bits per heavy atom. The van der Waals surface area contributed by atoms with Gasteiger partial charge in [0, 0.05) is 20.1 Å². The average Bonchev–Trinajstić information content (AvgIpc) is 2.56. The minimum absolute atomic E-state index is 0.0406. The SMILES string of the molecule is CN1CC(=O)N[C@H]2CN(C(=O)O)C[C@H]2C1=O. The highest BCUT2D eigenvalue weighted by Gasteiger charge is 2.43. The van der Waals surface area contributed by atoms with E-state index in [1.807, 2.05) is 0 Å². The van der Waals surface area contributed by atoms with Crippen LogP contribution in [0.3, 0.4) is 0 Å². The zero-order valence-electron chi connectivity index (χ0n) is 8.84. The molecular formula is C9H13N3O4. The molecule has 2 fully saturated rings. The average molecular weight is 227 g/mol. The molecule has 2 aliphatic heterocycles. The van der Waals surface area contributed by atoms with E-state index in [1.54, 1.807) is 7.05 Å². The van der Waals surface area contributed by atoms with Gasteiger partial charge in [0.1, 0.15) is 0 Å². The molecule has 0 spiro atoms. The fraction of sp³-hybridized carbons (Fsp3) is 0.667. The van der Waals surface area contributed by atoms with Crippen LogP contribution in [0.25, 0.3) is 0 Å². The molecule has 2 aliphatic rings. The first-order valence-electron chi connectivity index (χ1n) is 5.01. The number of nitrogens with zero attached hydrogens (tertiary/aromatic N) is 2. The Balaban J connectivity index is 2.19. The van der Waals surface area contributed by atoms with Gasteiger partial charge >= 0.3 is 6.09 Å². The molecule has 2 saturated heterocycles. The molecule has 7 heteroatoms. The molecule has 0 saturated carbocycles. The molecule has 3 amide bonds. The summed E-state index contributed by atoms with van der Waals surface area (Å²) in [6, 6.07) is -0.388. The zero-order valence-corrected chi connectivity index (χ0v) is 8.84. The second kappa shape index (κ2) is 3.66. The third-order valence-electron chi connectivity index (χ3n) is 3.01. The first-order chi connectivity index (χ1) is 7.49. The number of hydrogen-bond donors (Lipinski definition) is 2. The van der Waals surface area contributed by atoms with Crippen LogP contribution >= 0.6 is 0 Å². The van der Waals surface area contributed by atoms with Crippen LogP contribution in [0.5, 0.6) is 0 Å². The van der Waals surface area contributed by atoms with E-state index in [9.17, 15) is 14.4 Å². The predicted molar refractivity (Wildman–Crippen MR) is 52.7 cm³/mol. The number of carbonyl (C=O) groups is 3. The Bertz CT molecular complexity index is 357. The van der Waals surface area contributed by atoms with E-state index >= 15 is 0 Å². The minimum Gasteiger partial charge on any atom is -0.465 e. The van der Waals surface area contributed by atoms with E-state index in [0.29, 0.717) is 0 Å². The third kappa shape index (κ3) is 1.68. The summed E-state index contributed by atoms with van der Waals surface area (Å²) in [4.78, 5) is 36.5. The standard InChI is InChI=1S/C9H13N3O4/c1-11-4-7(13)10-6-3-12(9(15)16)2-5(6)8(11)14/h5-6H,2-4H2,1H3,(H,10,13)(H,15,16)/t5-,6+/m1/s1. The topological polar surface area (TPSA) is 90.0 Å². The molecule has 16 heavy (non-hydrogen) atoms. The fourth-order valence-corrected chi connectivity index (χ4v) is 2.19. The zero-order chi connectivity index (χ0) is 11.9. The number of amides is 3. The van der Waals surface area contributed by atoms with Crippen LogP contribution in [0.4, 0.5) is 4.79 Å². The molecule has 2 N–H and O–H groups in total. The van der Waals surface area contributed by atoms with Crippen LogP contribution in [-0.2, 0) is 9.59 Å². The smallest absolute Gasteiger partial charge is 0.407 e. The highest BCUT2D eigenvalue weighted by atomic mass is 16.4. The Kier molecular flexibility index (Phi) is 2.45. The van der Waals surface area contributed by atoms with Crippen LogP contribution in [-0.4, -0.2) is 65.5 Å². The van der Waals surface area contributed by atoms with Gasteiger partial charge in [-0.15, -0.1) is 0 Å². The maximum atomic E-state index is 11.9. The monoisotopic (exact) mass is 227 g/mol. The van der Waals surface area contributed by atoms with E-state index in [2.05, 4.69) is 5.32 Å². The molecule has 88 valence electrons. The Morgan fingerprint density at radius 3 is 2.75 bits per heavy atom. The molecular weight excluding hydrogens is 214 g/mol. The number of fused-ring (bicyclic) bond motifs is 1. The quantitative estimate of drug-likeness (QED) is 0.530. The van der Waals surface area contributed by atoms with E-state index in [-0.39, 0.29) is 37.5 Å². The van der Waals surface area contributed by atoms with Crippen molar-refractivity contribution in [2.75, 3.05) is 26.7 Å². The maximum absolute atomic E-state index is 11.9. The molecule has 0 aliphatic carbocycles. The molecule has 0 radical (unpaired) electrons. The molecule has 7 nitrogen and oxygen atoms in total. The lowest BCUT2D eigenvalue weighted by molar-refractivity contribution is -0.135. The van der Waals surface area contributed by atoms with Crippen molar-refractivity contribution in [1.29, 1.82) is 0 Å². The molecule has 2 heterocycles. The van der Waals surface area contributed by atoms with E-state index in [1.165, 1.54) is 4.90 Å². The number of likely N-dealkylation sites (tertiary alicyclic amines) is 1. The van der Waals surface area contributed by atoms with E-state index < -0.39 is 12.0 Å². The number of carboxylic acid groups (broad SMARTS) is 1. The van der Waals surface area contributed by atoms with Crippen LogP contribution in [0.1, 0.15) is 0 Å². The molecule has 0 aromatic heterocycles. The summed E-state index contributed by atoms with van der Waals surface area (Å²) in [7, 11) is 1.55. The van der Waals surface area contributed by atoms with Gasteiger partial charge in [-0.3, -0.25) is 9.59 Å². The number of hydrogen-bond acceptors (Lipinski definition) is 3. The lowest BCUT2D eigenvalue weighted by Gasteiger charge is -2.17. The molecule has 2 rings (SSSR count). The first-order valence-corrected chi connectivity index (χ1v) is 5.01. The van der Waals surface area contributed by atoms with E-state index in [0.717, 1.165) is 4.90 Å². The third-order valence-corrected chi connectivity index (χ3v) is 3.01. The lowest BCUT2D eigenvalue weighted by Crippen LogP contribution is -2.40. The van der Waals surface area contributed by atoms with Gasteiger partial charge in [-0.05, 0) is 0 Å². The summed E-state index contributed by atoms with van der Waals surface area (Å²) in [5.74, 6) is -0.866. The van der Waals surface area contributed by atoms with Crippen LogP contribution in [0, 0.1) is 5.92 Å². The maximum Gasteiger partial charge on any atom is 0.407 e. The number of rotatable bonds is 0. The Hall–Kier alpha value is -1.79. The van der Waals surface area contributed by atoms with Gasteiger partial charge in [0.2, 0.25) is 11.8 Å². The highest BCUT2D eigenvalue weighted by Crippen LogP contribution is 2.21. The van der Waals surface area contributed by atoms with Crippen molar-refractivity contribution in [1.82, 2.24) is 15.1 Å². The molecule has 0 aromatic carbocycles. The second-order valence-electron chi connectivity index (χ2n) is 4.16. The van der Waals surface area contributed by atoms with Crippen molar-refractivity contribution in [3.63, 3.8) is 0 Å². The van der Waals surface area contributed by atoms with Crippen molar-refractivity contribution in [2.45, 2.75) is 6.04 Å². The number of nitrogens with one attached hydrogen (secondary N) is 1.